The summed E-state index contributed by atoms with van der Waals surface area (Å²) >= 11 is 0. The Morgan fingerprint density at radius 3 is 1.59 bits per heavy atom. The van der Waals surface area contributed by atoms with Crippen LogP contribution < -0.4 is 4.90 Å². The van der Waals surface area contributed by atoms with Crippen molar-refractivity contribution in [3.63, 3.8) is 0 Å². The van der Waals surface area contributed by atoms with Gasteiger partial charge in [-0.25, -0.2) is 0 Å². The number of anilines is 3. The Morgan fingerprint density at radius 1 is 0.295 bits per heavy atom. The van der Waals surface area contributed by atoms with Gasteiger partial charge in [0.1, 0.15) is 22.3 Å². The van der Waals surface area contributed by atoms with Gasteiger partial charge in [-0.2, -0.15) is 0 Å². The molecule has 13 aromatic rings. The number of hydrogen-bond donors (Lipinski definition) is 0. The smallest absolute Gasteiger partial charge is 0.143 e. The Kier molecular flexibility index (Phi) is 7.31. The Balaban J connectivity index is 1.03. The number of nitrogens with zero attached hydrogens (tertiary/aromatic N) is 1. The molecule has 2 aromatic heterocycles. The molecule has 0 amide bonds. The summed E-state index contributed by atoms with van der Waals surface area (Å²) in [5.41, 5.74) is 11.3. The lowest BCUT2D eigenvalue weighted by Gasteiger charge is -2.27. The van der Waals surface area contributed by atoms with Gasteiger partial charge in [0.05, 0.1) is 11.1 Å². The topological polar surface area (TPSA) is 29.5 Å². The molecule has 0 unspecified atom stereocenters. The van der Waals surface area contributed by atoms with Crippen LogP contribution in [0.2, 0.25) is 0 Å². The molecule has 0 bridgehead atoms. The maximum absolute atomic E-state index is 6.75. The Bertz CT molecular complexity index is 3890. The van der Waals surface area contributed by atoms with Crippen LogP contribution in [0.4, 0.5) is 17.1 Å². The summed E-state index contributed by atoms with van der Waals surface area (Å²) in [6.07, 6.45) is 0. The van der Waals surface area contributed by atoms with Crippen LogP contribution in [0.25, 0.3) is 109 Å². The molecular weight excluding hydrogens is 743 g/mol. The molecule has 0 aliphatic carbocycles. The fourth-order valence-corrected chi connectivity index (χ4v) is 9.84. The fourth-order valence-electron chi connectivity index (χ4n) is 9.84. The largest absolute Gasteiger partial charge is 0.455 e. The molecule has 0 spiro atoms. The third-order valence-electron chi connectivity index (χ3n) is 12.6. The van der Waals surface area contributed by atoms with Gasteiger partial charge in [0.15, 0.2) is 0 Å². The predicted molar refractivity (Wildman–Crippen MR) is 257 cm³/mol. The second-order valence-electron chi connectivity index (χ2n) is 16.0. The van der Waals surface area contributed by atoms with Crippen molar-refractivity contribution in [3.8, 4) is 22.3 Å². The van der Waals surface area contributed by atoms with Gasteiger partial charge < -0.3 is 13.7 Å². The molecule has 3 nitrogen and oxygen atoms in total. The average molecular weight is 778 g/mol. The van der Waals surface area contributed by atoms with E-state index in [0.717, 1.165) is 88.2 Å². The highest BCUT2D eigenvalue weighted by Crippen LogP contribution is 2.47. The lowest BCUT2D eigenvalue weighted by molar-refractivity contribution is 0.672. The Morgan fingerprint density at radius 2 is 0.869 bits per heavy atom. The summed E-state index contributed by atoms with van der Waals surface area (Å²) < 4.78 is 13.4. The standard InChI is InChI=1S/C58H35NO2/c1-5-18-45-36(12-1)28-32-49-55-44(22-10-24-53(55)60-57(45)49)39-15-9-16-42(34-39)59(52-23-11-25-54-56(52)50-33-29-37-13-2-6-19-46(37)58(50)61-54)41-30-26-38(27-31-41)51-35-40-14-3-4-17-43(40)47-20-7-8-21-48(47)51/h1-35H. The van der Waals surface area contributed by atoms with E-state index in [9.17, 15) is 0 Å². The molecule has 0 aliphatic heterocycles. The van der Waals surface area contributed by atoms with Crippen LogP contribution in [0, 0.1) is 0 Å². The SMILES string of the molecule is c1cc(-c2cccc3oc4c5ccccc5ccc4c23)cc(N(c2ccc(-c3cc4ccccc4c4ccccc34)cc2)c2cccc3oc4c5ccccc5ccc4c23)c1. The first-order valence-corrected chi connectivity index (χ1v) is 20.8. The van der Waals surface area contributed by atoms with Gasteiger partial charge in [0.2, 0.25) is 0 Å². The van der Waals surface area contributed by atoms with Crippen LogP contribution in [0.3, 0.4) is 0 Å². The quantitative estimate of drug-likeness (QED) is 0.163. The van der Waals surface area contributed by atoms with Gasteiger partial charge in [-0.1, -0.05) is 152 Å². The van der Waals surface area contributed by atoms with Gasteiger partial charge in [-0.15, -0.1) is 0 Å². The van der Waals surface area contributed by atoms with E-state index in [1.165, 1.54) is 38.1 Å². The van der Waals surface area contributed by atoms with Gasteiger partial charge in [0, 0.05) is 38.3 Å². The van der Waals surface area contributed by atoms with Crippen molar-refractivity contribution in [2.75, 3.05) is 4.90 Å². The first-order chi connectivity index (χ1) is 30.2. The van der Waals surface area contributed by atoms with E-state index in [1.54, 1.807) is 0 Å². The number of rotatable bonds is 5. The summed E-state index contributed by atoms with van der Waals surface area (Å²) in [5.74, 6) is 0. The van der Waals surface area contributed by atoms with E-state index >= 15 is 0 Å². The fraction of sp³-hybridized carbons (Fsp3) is 0. The van der Waals surface area contributed by atoms with Crippen molar-refractivity contribution >= 4 is 104 Å². The van der Waals surface area contributed by atoms with Crippen molar-refractivity contribution < 1.29 is 8.83 Å². The predicted octanol–water partition coefficient (Wildman–Crippen LogP) is 16.9. The summed E-state index contributed by atoms with van der Waals surface area (Å²) in [6.45, 7) is 0. The molecule has 0 saturated carbocycles. The summed E-state index contributed by atoms with van der Waals surface area (Å²) in [5, 5.41) is 14.0. The van der Waals surface area contributed by atoms with Crippen LogP contribution in [-0.2, 0) is 0 Å². The van der Waals surface area contributed by atoms with Crippen LogP contribution in [0.5, 0.6) is 0 Å². The number of benzene rings is 11. The maximum atomic E-state index is 6.75. The lowest BCUT2D eigenvalue weighted by Crippen LogP contribution is -2.10. The second kappa shape index (κ2) is 13.2. The second-order valence-corrected chi connectivity index (χ2v) is 16.0. The highest BCUT2D eigenvalue weighted by Gasteiger charge is 2.22. The monoisotopic (exact) mass is 777 g/mol. The molecule has 0 atom stereocenters. The first kappa shape index (κ1) is 33.8. The van der Waals surface area contributed by atoms with E-state index in [-0.39, 0.29) is 0 Å². The van der Waals surface area contributed by atoms with Crippen LogP contribution in [0.1, 0.15) is 0 Å². The molecule has 2 heterocycles. The Hall–Kier alpha value is -8.14. The third kappa shape index (κ3) is 5.17. The van der Waals surface area contributed by atoms with E-state index in [0.29, 0.717) is 0 Å². The molecule has 0 radical (unpaired) electrons. The normalized spacial score (nSPS) is 11.9. The number of fused-ring (bicyclic) bond motifs is 13. The van der Waals surface area contributed by atoms with Crippen molar-refractivity contribution in [1.29, 1.82) is 0 Å². The van der Waals surface area contributed by atoms with E-state index in [1.807, 2.05) is 0 Å². The van der Waals surface area contributed by atoms with Crippen molar-refractivity contribution in [3.05, 3.63) is 212 Å². The molecule has 0 aliphatic rings. The van der Waals surface area contributed by atoms with E-state index in [4.69, 9.17) is 8.83 Å². The molecule has 3 heteroatoms. The summed E-state index contributed by atoms with van der Waals surface area (Å²) in [7, 11) is 0. The van der Waals surface area contributed by atoms with E-state index in [2.05, 4.69) is 217 Å². The Labute approximate surface area is 350 Å². The molecule has 0 fully saturated rings. The summed E-state index contributed by atoms with van der Waals surface area (Å²) in [6, 6.07) is 76.3. The highest BCUT2D eigenvalue weighted by atomic mass is 16.3. The van der Waals surface area contributed by atoms with Gasteiger partial charge in [-0.05, 0) is 115 Å². The minimum atomic E-state index is 0.853. The number of hydrogen-bond acceptors (Lipinski definition) is 3. The molecule has 61 heavy (non-hydrogen) atoms. The van der Waals surface area contributed by atoms with Crippen LogP contribution in [0.15, 0.2) is 221 Å². The summed E-state index contributed by atoms with van der Waals surface area (Å²) in [4.78, 5) is 2.39. The van der Waals surface area contributed by atoms with E-state index < -0.39 is 0 Å². The molecule has 0 saturated heterocycles. The minimum absolute atomic E-state index is 0.853. The van der Waals surface area contributed by atoms with Gasteiger partial charge in [0.25, 0.3) is 0 Å². The van der Waals surface area contributed by atoms with Crippen molar-refractivity contribution in [2.45, 2.75) is 0 Å². The van der Waals surface area contributed by atoms with Crippen molar-refractivity contribution in [1.82, 2.24) is 0 Å². The van der Waals surface area contributed by atoms with Gasteiger partial charge in [-0.3, -0.25) is 0 Å². The highest BCUT2D eigenvalue weighted by molar-refractivity contribution is 6.21. The van der Waals surface area contributed by atoms with Crippen LogP contribution in [-0.4, -0.2) is 0 Å². The molecule has 0 N–H and O–H groups in total. The minimum Gasteiger partial charge on any atom is -0.455 e. The van der Waals surface area contributed by atoms with Gasteiger partial charge >= 0.3 is 0 Å². The average Bonchev–Trinajstić information content (AvgIpc) is 3.92. The third-order valence-corrected chi connectivity index (χ3v) is 12.6. The van der Waals surface area contributed by atoms with Crippen LogP contribution >= 0.6 is 0 Å². The molecule has 11 aromatic carbocycles. The zero-order valence-electron chi connectivity index (χ0n) is 33.0. The molecular formula is C58H35NO2. The zero-order chi connectivity index (χ0) is 40.0. The maximum Gasteiger partial charge on any atom is 0.143 e. The number of furan rings is 2. The van der Waals surface area contributed by atoms with Crippen molar-refractivity contribution in [2.24, 2.45) is 0 Å². The lowest BCUT2D eigenvalue weighted by atomic mass is 9.93. The first-order valence-electron chi connectivity index (χ1n) is 20.8. The zero-order valence-corrected chi connectivity index (χ0v) is 33.0. The molecule has 284 valence electrons. The molecule has 13 rings (SSSR count).